The highest BCUT2D eigenvalue weighted by molar-refractivity contribution is 8.28. The molecule has 0 aromatic heterocycles. The number of hydrogen-bond acceptors (Lipinski definition) is 3. The van der Waals surface area contributed by atoms with Crippen LogP contribution in [-0.4, -0.2) is 30.3 Å². The second-order valence-corrected chi connectivity index (χ2v) is 9.64. The van der Waals surface area contributed by atoms with Gasteiger partial charge in [-0.05, 0) is 36.9 Å². The number of nitrogens with one attached hydrogen (secondary N) is 2. The van der Waals surface area contributed by atoms with Crippen LogP contribution in [0.2, 0.25) is 0 Å². The van der Waals surface area contributed by atoms with Gasteiger partial charge in [-0.2, -0.15) is 0 Å². The smallest absolute Gasteiger partial charge is 0.279 e. The Morgan fingerprint density at radius 3 is 2.38 bits per heavy atom. The molecular formula is C21H24F3N3OS. The lowest BCUT2D eigenvalue weighted by Gasteiger charge is -2.32. The number of nitrogens with zero attached hydrogens (tertiary/aromatic N) is 1. The summed E-state index contributed by atoms with van der Waals surface area (Å²) in [5.41, 5.74) is 5.69. The molecule has 0 saturated carbocycles. The van der Waals surface area contributed by atoms with E-state index in [0.29, 0.717) is 5.56 Å². The highest BCUT2D eigenvalue weighted by atomic mass is 32.2. The maximum atomic E-state index is 14.7. The molecule has 0 radical (unpaired) electrons. The molecule has 0 unspecified atom stereocenters. The zero-order chi connectivity index (χ0) is 21.8. The average molecular weight is 424 g/mol. The first-order chi connectivity index (χ1) is 13.5. The molecule has 156 valence electrons. The van der Waals surface area contributed by atoms with Crippen LogP contribution in [0.3, 0.4) is 0 Å². The third kappa shape index (κ3) is 5.80. The number of carbonyl (C=O) groups is 1. The lowest BCUT2D eigenvalue weighted by atomic mass is 10.1. The van der Waals surface area contributed by atoms with Crippen molar-refractivity contribution in [2.45, 2.75) is 19.9 Å². The third-order valence-electron chi connectivity index (χ3n) is 4.15. The average Bonchev–Trinajstić information content (AvgIpc) is 2.64. The fourth-order valence-electron chi connectivity index (χ4n) is 2.56. The van der Waals surface area contributed by atoms with Crippen molar-refractivity contribution in [2.24, 2.45) is 0 Å². The van der Waals surface area contributed by atoms with E-state index in [-0.39, 0.29) is 12.1 Å². The van der Waals surface area contributed by atoms with Crippen LogP contribution in [0.4, 0.5) is 18.9 Å². The van der Waals surface area contributed by atoms with Gasteiger partial charge in [0.2, 0.25) is 0 Å². The highest BCUT2D eigenvalue weighted by Gasteiger charge is 2.16. The van der Waals surface area contributed by atoms with E-state index in [4.69, 9.17) is 0 Å². The van der Waals surface area contributed by atoms with Gasteiger partial charge in [-0.25, -0.2) is 13.2 Å². The Kier molecular flexibility index (Phi) is 7.02. The summed E-state index contributed by atoms with van der Waals surface area (Å²) in [5, 5.41) is 0. The Hall–Kier alpha value is -2.87. The van der Waals surface area contributed by atoms with Crippen LogP contribution in [0, 0.1) is 12.7 Å². The second kappa shape index (κ2) is 9.09. The molecule has 29 heavy (non-hydrogen) atoms. The van der Waals surface area contributed by atoms with Crippen molar-refractivity contribution in [3.8, 4) is 0 Å². The SMILES string of the molecule is C=C(NNC(=O)c1ccc(CN(c2ccccc2C)S(=C)(=C)C)c(F)c1)C(F)F. The molecule has 0 spiro atoms. The molecule has 0 bridgehead atoms. The van der Waals surface area contributed by atoms with Gasteiger partial charge in [-0.3, -0.25) is 15.6 Å². The quantitative estimate of drug-likeness (QED) is 0.490. The van der Waals surface area contributed by atoms with Crippen molar-refractivity contribution < 1.29 is 18.0 Å². The van der Waals surface area contributed by atoms with E-state index in [9.17, 15) is 18.0 Å². The molecule has 0 fully saturated rings. The van der Waals surface area contributed by atoms with E-state index in [1.165, 1.54) is 12.1 Å². The predicted molar refractivity (Wildman–Crippen MR) is 117 cm³/mol. The first-order valence-corrected chi connectivity index (χ1v) is 10.9. The molecule has 2 N–H and O–H groups in total. The number of para-hydroxylation sites is 1. The van der Waals surface area contributed by atoms with Gasteiger partial charge in [0, 0.05) is 16.8 Å². The number of rotatable bonds is 8. The molecule has 0 aliphatic rings. The topological polar surface area (TPSA) is 44.4 Å². The van der Waals surface area contributed by atoms with Crippen molar-refractivity contribution in [2.75, 3.05) is 10.6 Å². The summed E-state index contributed by atoms with van der Waals surface area (Å²) >= 11 is 0. The predicted octanol–water partition coefficient (Wildman–Crippen LogP) is 4.37. The number of anilines is 1. The standard InChI is InChI=1S/C21H24F3N3OS/c1-14-8-6-7-9-19(14)27(29(3,4)5)13-17-11-10-16(12-18(17)22)21(28)26-25-15(2)20(23)24/h6-12,20,25H,2-4,13H2,1,5H3,(H,26,28). The van der Waals surface area contributed by atoms with Gasteiger partial charge in [0.25, 0.3) is 12.3 Å². The number of allylic oxidation sites excluding steroid dienone is 1. The number of amides is 1. The summed E-state index contributed by atoms with van der Waals surface area (Å²) in [4.78, 5) is 12.0. The van der Waals surface area contributed by atoms with Crippen molar-refractivity contribution in [1.82, 2.24) is 10.9 Å². The molecule has 0 saturated heterocycles. The van der Waals surface area contributed by atoms with E-state index in [0.717, 1.165) is 17.3 Å². The Morgan fingerprint density at radius 1 is 1.17 bits per heavy atom. The van der Waals surface area contributed by atoms with Gasteiger partial charge in [0.1, 0.15) is 5.82 Å². The summed E-state index contributed by atoms with van der Waals surface area (Å²) < 4.78 is 41.5. The number of hydrazine groups is 1. The van der Waals surface area contributed by atoms with Gasteiger partial charge in [-0.15, -0.1) is 9.39 Å². The van der Waals surface area contributed by atoms with E-state index >= 15 is 0 Å². The van der Waals surface area contributed by atoms with Gasteiger partial charge in [0.15, 0.2) is 0 Å². The molecule has 2 aromatic carbocycles. The molecule has 0 aliphatic heterocycles. The summed E-state index contributed by atoms with van der Waals surface area (Å²) in [6, 6.07) is 11.7. The summed E-state index contributed by atoms with van der Waals surface area (Å²) in [7, 11) is -1.71. The number of benzene rings is 2. The van der Waals surface area contributed by atoms with Crippen LogP contribution in [0.15, 0.2) is 54.7 Å². The van der Waals surface area contributed by atoms with Gasteiger partial charge < -0.3 is 4.31 Å². The number of aryl methyl sites for hydroxylation is 1. The molecular weight excluding hydrogens is 399 g/mol. The fourth-order valence-corrected chi connectivity index (χ4v) is 3.69. The Bertz CT molecular complexity index is 1020. The summed E-state index contributed by atoms with van der Waals surface area (Å²) in [6.45, 7) is 5.25. The zero-order valence-corrected chi connectivity index (χ0v) is 17.2. The first-order valence-electron chi connectivity index (χ1n) is 8.60. The first kappa shape index (κ1) is 22.4. The number of halogens is 3. The van der Waals surface area contributed by atoms with Crippen molar-refractivity contribution in [3.05, 3.63) is 77.2 Å². The van der Waals surface area contributed by atoms with Crippen LogP contribution in [0.1, 0.15) is 21.5 Å². The molecule has 2 aromatic rings. The normalized spacial score (nSPS) is 11.2. The van der Waals surface area contributed by atoms with Gasteiger partial charge >= 0.3 is 0 Å². The van der Waals surface area contributed by atoms with Crippen LogP contribution in [0.5, 0.6) is 0 Å². The van der Waals surface area contributed by atoms with Crippen molar-refractivity contribution in [1.29, 1.82) is 0 Å². The summed E-state index contributed by atoms with van der Waals surface area (Å²) in [5.74, 6) is 6.96. The lowest BCUT2D eigenvalue weighted by Crippen LogP contribution is -2.38. The second-order valence-electron chi connectivity index (χ2n) is 6.76. The maximum Gasteiger partial charge on any atom is 0.279 e. The molecule has 1 amide bonds. The van der Waals surface area contributed by atoms with Gasteiger partial charge in [0.05, 0.1) is 12.2 Å². The Morgan fingerprint density at radius 2 is 1.83 bits per heavy atom. The molecule has 0 heterocycles. The minimum absolute atomic E-state index is 0.0115. The van der Waals surface area contributed by atoms with Crippen LogP contribution < -0.4 is 15.2 Å². The van der Waals surface area contributed by atoms with E-state index < -0.39 is 33.2 Å². The van der Waals surface area contributed by atoms with Crippen LogP contribution in [0.25, 0.3) is 0 Å². The van der Waals surface area contributed by atoms with E-state index in [2.05, 4.69) is 23.7 Å². The minimum atomic E-state index is -2.83. The van der Waals surface area contributed by atoms with Crippen LogP contribution in [-0.2, 0) is 6.54 Å². The zero-order valence-electron chi connectivity index (χ0n) is 16.3. The van der Waals surface area contributed by atoms with E-state index in [1.807, 2.05) is 47.2 Å². The molecule has 2 rings (SSSR count). The minimum Gasteiger partial charge on any atom is -0.324 e. The molecule has 0 atom stereocenters. The Balaban J connectivity index is 2.24. The lowest BCUT2D eigenvalue weighted by molar-refractivity contribution is 0.0928. The number of carbonyl (C=O) groups excluding carboxylic acids is 1. The van der Waals surface area contributed by atoms with Gasteiger partial charge in [-0.1, -0.05) is 42.6 Å². The Labute approximate surface area is 169 Å². The molecule has 0 aliphatic carbocycles. The summed E-state index contributed by atoms with van der Waals surface area (Å²) in [6.07, 6.45) is -0.926. The maximum absolute atomic E-state index is 14.7. The third-order valence-corrected chi connectivity index (χ3v) is 5.54. The number of alkyl halides is 2. The largest absolute Gasteiger partial charge is 0.324 e. The molecule has 4 nitrogen and oxygen atoms in total. The monoisotopic (exact) mass is 423 g/mol. The highest BCUT2D eigenvalue weighted by Crippen LogP contribution is 2.34. The number of hydrogen-bond donors (Lipinski definition) is 2. The van der Waals surface area contributed by atoms with Crippen molar-refractivity contribution in [3.63, 3.8) is 0 Å². The van der Waals surface area contributed by atoms with Crippen molar-refractivity contribution >= 4 is 32.7 Å². The van der Waals surface area contributed by atoms with Crippen LogP contribution >= 0.6 is 9.39 Å². The fraction of sp³-hybridized carbons (Fsp3) is 0.190. The van der Waals surface area contributed by atoms with E-state index in [1.54, 1.807) is 0 Å². The molecule has 8 heteroatoms.